The lowest BCUT2D eigenvalue weighted by atomic mass is 9.98. The smallest absolute Gasteiger partial charge is 0.303 e. The Morgan fingerprint density at radius 3 is 1.90 bits per heavy atom. The second kappa shape index (κ2) is 13.2. The van der Waals surface area contributed by atoms with E-state index in [1.54, 1.807) is 0 Å². The van der Waals surface area contributed by atoms with Gasteiger partial charge in [-0.05, 0) is 12.8 Å². The predicted molar refractivity (Wildman–Crippen MR) is 105 cm³/mol. The third-order valence-corrected chi connectivity index (χ3v) is 4.35. The molecule has 31 heavy (non-hydrogen) atoms. The Morgan fingerprint density at radius 1 is 0.839 bits per heavy atom. The maximum Gasteiger partial charge on any atom is 0.303 e. The Labute approximate surface area is 181 Å². The molecule has 0 saturated carbocycles. The van der Waals surface area contributed by atoms with Crippen molar-refractivity contribution in [3.63, 3.8) is 0 Å². The van der Waals surface area contributed by atoms with E-state index in [1.165, 1.54) is 6.92 Å². The fraction of sp³-hybridized carbons (Fsp3) is 0.800. The van der Waals surface area contributed by atoms with Crippen molar-refractivity contribution in [3.05, 3.63) is 0 Å². The fourth-order valence-corrected chi connectivity index (χ4v) is 3.13. The van der Waals surface area contributed by atoms with Crippen molar-refractivity contribution in [2.24, 2.45) is 5.73 Å². The molecule has 0 bridgehead atoms. The average Bonchev–Trinajstić information content (AvgIpc) is 2.64. The van der Waals surface area contributed by atoms with Crippen molar-refractivity contribution in [1.82, 2.24) is 0 Å². The molecule has 1 fully saturated rings. The summed E-state index contributed by atoms with van der Waals surface area (Å²) in [5.74, 6) is -2.70. The van der Waals surface area contributed by atoms with Gasteiger partial charge in [-0.25, -0.2) is 0 Å². The van der Waals surface area contributed by atoms with E-state index in [1.807, 2.05) is 6.92 Å². The fourth-order valence-electron chi connectivity index (χ4n) is 3.13. The van der Waals surface area contributed by atoms with Gasteiger partial charge in [0.05, 0.1) is 0 Å². The lowest BCUT2D eigenvalue weighted by molar-refractivity contribution is -0.317. The van der Waals surface area contributed by atoms with E-state index in [0.29, 0.717) is 6.42 Å². The van der Waals surface area contributed by atoms with Crippen LogP contribution in [0.5, 0.6) is 0 Å². The second-order valence-electron chi connectivity index (χ2n) is 7.24. The van der Waals surface area contributed by atoms with E-state index in [2.05, 4.69) is 0 Å². The summed E-state index contributed by atoms with van der Waals surface area (Å²) in [5, 5.41) is 0. The van der Waals surface area contributed by atoms with Crippen LogP contribution in [0.2, 0.25) is 0 Å². The van der Waals surface area contributed by atoms with Gasteiger partial charge >= 0.3 is 23.9 Å². The number of hydrogen-bond acceptors (Lipinski definition) is 11. The summed E-state index contributed by atoms with van der Waals surface area (Å²) in [6.07, 6.45) is -3.56. The van der Waals surface area contributed by atoms with Gasteiger partial charge in [-0.15, -0.1) is 0 Å². The summed E-state index contributed by atoms with van der Waals surface area (Å²) in [4.78, 5) is 46.5. The highest BCUT2D eigenvalue weighted by atomic mass is 16.7. The van der Waals surface area contributed by atoms with Crippen molar-refractivity contribution in [2.45, 2.75) is 97.2 Å². The minimum absolute atomic E-state index is 0.317. The van der Waals surface area contributed by atoms with E-state index < -0.39 is 60.8 Å². The molecule has 6 atom stereocenters. The molecule has 0 aromatic heterocycles. The van der Waals surface area contributed by atoms with Crippen molar-refractivity contribution < 1.29 is 47.6 Å². The Balaban J connectivity index is 3.21. The molecule has 1 saturated heterocycles. The molecule has 2 N–H and O–H groups in total. The topological polar surface area (TPSA) is 150 Å². The van der Waals surface area contributed by atoms with Gasteiger partial charge in [-0.1, -0.05) is 19.8 Å². The Kier molecular flexibility index (Phi) is 11.4. The van der Waals surface area contributed by atoms with Crippen molar-refractivity contribution in [2.75, 3.05) is 6.61 Å². The summed E-state index contributed by atoms with van der Waals surface area (Å²) in [6.45, 7) is 6.40. The zero-order valence-electron chi connectivity index (χ0n) is 18.7. The molecule has 11 heteroatoms. The standard InChI is InChI=1S/C20H33NO10/c1-6-7-8-9-16(21)31-20-19(29-14(5)25)18(28-13(4)24)17(27-12(3)23)15(30-20)10-26-11(2)22/h15-20H,6-10,21H2,1-5H3/t15-,16?,17-,18+,19+,20?/m1/s1. The van der Waals surface area contributed by atoms with Crippen LogP contribution in [0, 0.1) is 0 Å². The van der Waals surface area contributed by atoms with Gasteiger partial charge in [0, 0.05) is 27.7 Å². The maximum absolute atomic E-state index is 11.8. The molecule has 1 aliphatic rings. The van der Waals surface area contributed by atoms with Crippen molar-refractivity contribution >= 4 is 23.9 Å². The van der Waals surface area contributed by atoms with Crippen LogP contribution in [0.25, 0.3) is 0 Å². The van der Waals surface area contributed by atoms with Crippen LogP contribution >= 0.6 is 0 Å². The molecule has 0 aliphatic carbocycles. The van der Waals surface area contributed by atoms with Crippen LogP contribution in [0.15, 0.2) is 0 Å². The molecular formula is C20H33NO10. The third-order valence-electron chi connectivity index (χ3n) is 4.35. The minimum Gasteiger partial charge on any atom is -0.463 e. The van der Waals surface area contributed by atoms with Crippen LogP contribution in [0.1, 0.15) is 60.3 Å². The summed E-state index contributed by atoms with van der Waals surface area (Å²) in [5.41, 5.74) is 6.05. The molecular weight excluding hydrogens is 414 g/mol. The Hall–Kier alpha value is -2.24. The van der Waals surface area contributed by atoms with Crippen LogP contribution in [-0.4, -0.2) is 67.4 Å². The molecule has 1 heterocycles. The number of esters is 4. The molecule has 178 valence electrons. The van der Waals surface area contributed by atoms with E-state index in [-0.39, 0.29) is 6.61 Å². The quantitative estimate of drug-likeness (QED) is 0.209. The molecule has 0 amide bonds. The lowest BCUT2D eigenvalue weighted by Crippen LogP contribution is -2.63. The zero-order valence-corrected chi connectivity index (χ0v) is 18.7. The molecule has 0 aromatic rings. The number of carbonyl (C=O) groups is 4. The highest BCUT2D eigenvalue weighted by molar-refractivity contribution is 5.68. The molecule has 11 nitrogen and oxygen atoms in total. The number of rotatable bonds is 11. The van der Waals surface area contributed by atoms with Crippen molar-refractivity contribution in [3.8, 4) is 0 Å². The minimum atomic E-state index is -1.27. The number of ether oxygens (including phenoxy) is 6. The van der Waals surface area contributed by atoms with Gasteiger partial charge in [0.2, 0.25) is 6.29 Å². The largest absolute Gasteiger partial charge is 0.463 e. The summed E-state index contributed by atoms with van der Waals surface area (Å²) >= 11 is 0. The van der Waals surface area contributed by atoms with Crippen LogP contribution in [0.4, 0.5) is 0 Å². The monoisotopic (exact) mass is 447 g/mol. The first-order valence-corrected chi connectivity index (χ1v) is 10.3. The summed E-state index contributed by atoms with van der Waals surface area (Å²) in [7, 11) is 0. The first-order chi connectivity index (χ1) is 14.5. The van der Waals surface area contributed by atoms with Gasteiger partial charge in [0.25, 0.3) is 0 Å². The second-order valence-corrected chi connectivity index (χ2v) is 7.24. The molecule has 0 aromatic carbocycles. The lowest BCUT2D eigenvalue weighted by Gasteiger charge is -2.44. The summed E-state index contributed by atoms with van der Waals surface area (Å²) in [6, 6.07) is 0. The molecule has 2 unspecified atom stereocenters. The average molecular weight is 447 g/mol. The number of nitrogens with two attached hydrogens (primary N) is 1. The summed E-state index contributed by atoms with van der Waals surface area (Å²) < 4.78 is 32.5. The van der Waals surface area contributed by atoms with Gasteiger partial charge < -0.3 is 34.2 Å². The van der Waals surface area contributed by atoms with E-state index in [4.69, 9.17) is 34.2 Å². The Morgan fingerprint density at radius 2 is 1.39 bits per heavy atom. The first-order valence-electron chi connectivity index (χ1n) is 10.3. The zero-order chi connectivity index (χ0) is 23.6. The predicted octanol–water partition coefficient (Wildman–Crippen LogP) is 0.951. The molecule has 1 aliphatic heterocycles. The number of unbranched alkanes of at least 4 members (excludes halogenated alkanes) is 2. The van der Waals surface area contributed by atoms with Gasteiger partial charge in [-0.2, -0.15) is 0 Å². The van der Waals surface area contributed by atoms with E-state index in [0.717, 1.165) is 40.0 Å². The van der Waals surface area contributed by atoms with Gasteiger partial charge in [-0.3, -0.25) is 19.2 Å². The van der Waals surface area contributed by atoms with Crippen LogP contribution in [-0.2, 0) is 47.6 Å². The van der Waals surface area contributed by atoms with Crippen molar-refractivity contribution in [1.29, 1.82) is 0 Å². The maximum atomic E-state index is 11.8. The molecule has 0 radical (unpaired) electrons. The first kappa shape index (κ1) is 26.8. The molecule has 0 spiro atoms. The van der Waals surface area contributed by atoms with Crippen LogP contribution in [0.3, 0.4) is 0 Å². The van der Waals surface area contributed by atoms with E-state index in [9.17, 15) is 19.2 Å². The van der Waals surface area contributed by atoms with Gasteiger partial charge in [0.1, 0.15) is 18.9 Å². The van der Waals surface area contributed by atoms with E-state index >= 15 is 0 Å². The third kappa shape index (κ3) is 9.62. The number of hydrogen-bond donors (Lipinski definition) is 1. The normalized spacial score (nSPS) is 26.5. The number of carbonyl (C=O) groups excluding carboxylic acids is 4. The molecule has 1 rings (SSSR count). The Bertz CT molecular complexity index is 625. The van der Waals surface area contributed by atoms with Gasteiger partial charge in [0.15, 0.2) is 18.3 Å². The highest BCUT2D eigenvalue weighted by Crippen LogP contribution is 2.30. The van der Waals surface area contributed by atoms with Crippen LogP contribution < -0.4 is 5.73 Å². The highest BCUT2D eigenvalue weighted by Gasteiger charge is 2.53. The SMILES string of the molecule is CCCCCC(N)OC1O[C@H](COC(C)=O)[C@@H](OC(C)=O)[C@H](OC(C)=O)[C@@H]1OC(C)=O.